The lowest BCUT2D eigenvalue weighted by atomic mass is 9.96. The molecule has 0 aliphatic carbocycles. The molecule has 0 aromatic rings. The van der Waals surface area contributed by atoms with Crippen LogP contribution in [0.25, 0.3) is 0 Å². The first-order valence-electron chi connectivity index (χ1n) is 6.87. The zero-order valence-corrected chi connectivity index (χ0v) is 11.3. The first kappa shape index (κ1) is 12.8. The molecule has 0 bridgehead atoms. The highest BCUT2D eigenvalue weighted by molar-refractivity contribution is 5.83. The summed E-state index contributed by atoms with van der Waals surface area (Å²) in [5.74, 6) is 0.979. The topological polar surface area (TPSA) is 35.6 Å². The van der Waals surface area contributed by atoms with Crippen molar-refractivity contribution >= 4 is 5.91 Å². The second-order valence-electron chi connectivity index (χ2n) is 5.55. The van der Waals surface area contributed by atoms with E-state index in [9.17, 15) is 4.79 Å². The van der Waals surface area contributed by atoms with Crippen molar-refractivity contribution in [3.8, 4) is 0 Å². The number of hydrogen-bond donors (Lipinski definition) is 1. The van der Waals surface area contributed by atoms with Crippen LogP contribution in [0.15, 0.2) is 0 Å². The first-order chi connectivity index (χ1) is 8.11. The lowest BCUT2D eigenvalue weighted by Gasteiger charge is -2.33. The zero-order valence-electron chi connectivity index (χ0n) is 11.3. The predicted molar refractivity (Wildman–Crippen MR) is 68.6 cm³/mol. The summed E-state index contributed by atoms with van der Waals surface area (Å²) in [5.41, 5.74) is 0. The molecule has 0 aromatic heterocycles. The molecule has 2 fully saturated rings. The summed E-state index contributed by atoms with van der Waals surface area (Å²) in [5, 5.41) is 3.37. The van der Waals surface area contributed by atoms with Gasteiger partial charge in [-0.05, 0) is 52.2 Å². The molecule has 2 unspecified atom stereocenters. The SMILES string of the molecule is CCC1NC(C)C(=O)N1CC1CCN(C)CC1. The van der Waals surface area contributed by atoms with E-state index in [1.165, 1.54) is 25.9 Å². The molecule has 4 heteroatoms. The van der Waals surface area contributed by atoms with Gasteiger partial charge in [0.1, 0.15) is 0 Å². The molecule has 1 amide bonds. The largest absolute Gasteiger partial charge is 0.326 e. The predicted octanol–water partition coefficient (Wildman–Crippen LogP) is 0.885. The quantitative estimate of drug-likeness (QED) is 0.794. The second-order valence-corrected chi connectivity index (χ2v) is 5.55. The van der Waals surface area contributed by atoms with E-state index in [-0.39, 0.29) is 18.1 Å². The number of likely N-dealkylation sites (tertiary alicyclic amines) is 1. The molecule has 0 aromatic carbocycles. The molecule has 1 N–H and O–H groups in total. The van der Waals surface area contributed by atoms with Crippen molar-refractivity contribution in [2.75, 3.05) is 26.7 Å². The van der Waals surface area contributed by atoms with Crippen LogP contribution in [-0.4, -0.2) is 54.6 Å². The fourth-order valence-electron chi connectivity index (χ4n) is 2.93. The summed E-state index contributed by atoms with van der Waals surface area (Å²) in [6, 6.07) is 0.00575. The number of rotatable bonds is 3. The maximum Gasteiger partial charge on any atom is 0.240 e. The molecule has 2 aliphatic heterocycles. The molecule has 2 saturated heterocycles. The van der Waals surface area contributed by atoms with Gasteiger partial charge in [0, 0.05) is 6.54 Å². The monoisotopic (exact) mass is 239 g/mol. The Labute approximate surface area is 104 Å². The summed E-state index contributed by atoms with van der Waals surface area (Å²) in [7, 11) is 2.18. The fourth-order valence-corrected chi connectivity index (χ4v) is 2.93. The van der Waals surface area contributed by atoms with Crippen molar-refractivity contribution in [2.24, 2.45) is 5.92 Å². The summed E-state index contributed by atoms with van der Waals surface area (Å²) in [4.78, 5) is 16.5. The number of nitrogens with one attached hydrogen (secondary N) is 1. The van der Waals surface area contributed by atoms with Crippen LogP contribution in [0.4, 0.5) is 0 Å². The van der Waals surface area contributed by atoms with Crippen LogP contribution < -0.4 is 5.32 Å². The highest BCUT2D eigenvalue weighted by Gasteiger charge is 2.36. The van der Waals surface area contributed by atoms with E-state index < -0.39 is 0 Å². The summed E-state index contributed by atoms with van der Waals surface area (Å²) < 4.78 is 0. The molecule has 2 heterocycles. The molecule has 17 heavy (non-hydrogen) atoms. The minimum Gasteiger partial charge on any atom is -0.326 e. The highest BCUT2D eigenvalue weighted by Crippen LogP contribution is 2.21. The van der Waals surface area contributed by atoms with Crippen LogP contribution in [0.1, 0.15) is 33.1 Å². The van der Waals surface area contributed by atoms with Crippen molar-refractivity contribution in [3.63, 3.8) is 0 Å². The molecular formula is C13H25N3O. The van der Waals surface area contributed by atoms with Gasteiger partial charge in [-0.3, -0.25) is 10.1 Å². The molecule has 0 radical (unpaired) electrons. The molecule has 2 atom stereocenters. The Morgan fingerprint density at radius 1 is 1.35 bits per heavy atom. The minimum absolute atomic E-state index is 0.00575. The maximum atomic E-state index is 12.1. The Morgan fingerprint density at radius 2 is 2.00 bits per heavy atom. The summed E-state index contributed by atoms with van der Waals surface area (Å²) in [6.45, 7) is 7.41. The van der Waals surface area contributed by atoms with Crippen LogP contribution in [0.2, 0.25) is 0 Å². The number of amides is 1. The van der Waals surface area contributed by atoms with E-state index >= 15 is 0 Å². The smallest absolute Gasteiger partial charge is 0.240 e. The van der Waals surface area contributed by atoms with E-state index in [1.807, 2.05) is 6.92 Å². The Morgan fingerprint density at radius 3 is 2.59 bits per heavy atom. The molecule has 0 spiro atoms. The van der Waals surface area contributed by atoms with Crippen molar-refractivity contribution in [2.45, 2.75) is 45.3 Å². The zero-order chi connectivity index (χ0) is 12.4. The first-order valence-corrected chi connectivity index (χ1v) is 6.87. The average molecular weight is 239 g/mol. The van der Waals surface area contributed by atoms with E-state index in [1.54, 1.807) is 0 Å². The van der Waals surface area contributed by atoms with E-state index in [0.717, 1.165) is 13.0 Å². The van der Waals surface area contributed by atoms with E-state index in [0.29, 0.717) is 5.92 Å². The molecule has 4 nitrogen and oxygen atoms in total. The van der Waals surface area contributed by atoms with E-state index in [4.69, 9.17) is 0 Å². The van der Waals surface area contributed by atoms with Crippen molar-refractivity contribution in [1.29, 1.82) is 0 Å². The summed E-state index contributed by atoms with van der Waals surface area (Å²) in [6.07, 6.45) is 3.72. The molecule has 0 saturated carbocycles. The van der Waals surface area contributed by atoms with E-state index in [2.05, 4.69) is 29.1 Å². The standard InChI is InChI=1S/C13H25N3O/c1-4-12-14-10(2)13(17)16(12)9-11-5-7-15(3)8-6-11/h10-12,14H,4-9H2,1-3H3. The Hall–Kier alpha value is -0.610. The Kier molecular flexibility index (Phi) is 4.05. The third-order valence-corrected chi connectivity index (χ3v) is 4.15. The van der Waals surface area contributed by atoms with Gasteiger partial charge in [0.2, 0.25) is 5.91 Å². The van der Waals surface area contributed by atoms with Crippen LogP contribution in [0.3, 0.4) is 0 Å². The van der Waals surface area contributed by atoms with Crippen LogP contribution >= 0.6 is 0 Å². The fraction of sp³-hybridized carbons (Fsp3) is 0.923. The van der Waals surface area contributed by atoms with Gasteiger partial charge in [0.05, 0.1) is 12.2 Å². The van der Waals surface area contributed by atoms with Gasteiger partial charge in [0.15, 0.2) is 0 Å². The minimum atomic E-state index is 0.00575. The van der Waals surface area contributed by atoms with Crippen LogP contribution in [0, 0.1) is 5.92 Å². The maximum absolute atomic E-state index is 12.1. The second kappa shape index (κ2) is 5.36. The number of nitrogens with zero attached hydrogens (tertiary/aromatic N) is 2. The average Bonchev–Trinajstić information content (AvgIpc) is 2.59. The van der Waals surface area contributed by atoms with Gasteiger partial charge in [-0.2, -0.15) is 0 Å². The van der Waals surface area contributed by atoms with Crippen molar-refractivity contribution < 1.29 is 4.79 Å². The third kappa shape index (κ3) is 2.80. The lowest BCUT2D eigenvalue weighted by Crippen LogP contribution is -2.42. The number of carbonyl (C=O) groups is 1. The van der Waals surface area contributed by atoms with Gasteiger partial charge < -0.3 is 9.80 Å². The number of hydrogen-bond acceptors (Lipinski definition) is 3. The van der Waals surface area contributed by atoms with Crippen molar-refractivity contribution in [1.82, 2.24) is 15.1 Å². The molecule has 2 aliphatic rings. The Balaban J connectivity index is 1.90. The molecular weight excluding hydrogens is 214 g/mol. The molecule has 2 rings (SSSR count). The molecule has 98 valence electrons. The Bertz CT molecular complexity index is 274. The highest BCUT2D eigenvalue weighted by atomic mass is 16.2. The van der Waals surface area contributed by atoms with Gasteiger partial charge in [0.25, 0.3) is 0 Å². The van der Waals surface area contributed by atoms with Gasteiger partial charge in [-0.1, -0.05) is 6.92 Å². The number of carbonyl (C=O) groups excluding carboxylic acids is 1. The normalized spacial score (nSPS) is 32.4. The van der Waals surface area contributed by atoms with Gasteiger partial charge in [-0.25, -0.2) is 0 Å². The summed E-state index contributed by atoms with van der Waals surface area (Å²) >= 11 is 0. The van der Waals surface area contributed by atoms with Gasteiger partial charge >= 0.3 is 0 Å². The number of piperidine rings is 1. The van der Waals surface area contributed by atoms with Gasteiger partial charge in [-0.15, -0.1) is 0 Å². The lowest BCUT2D eigenvalue weighted by molar-refractivity contribution is -0.130. The van der Waals surface area contributed by atoms with Crippen LogP contribution in [0.5, 0.6) is 0 Å². The van der Waals surface area contributed by atoms with Crippen molar-refractivity contribution in [3.05, 3.63) is 0 Å². The van der Waals surface area contributed by atoms with Crippen LogP contribution in [-0.2, 0) is 4.79 Å². The third-order valence-electron chi connectivity index (χ3n) is 4.15.